The molecule has 2 amide bonds. The average molecular weight is 352 g/mol. The number of anilines is 2. The van der Waals surface area contributed by atoms with Crippen LogP contribution in [0.3, 0.4) is 0 Å². The highest BCUT2D eigenvalue weighted by molar-refractivity contribution is 6.04. The standard InChI is InChI=1S/C19H20N4O3/c1-12-8-9-23-16(10-12)20-13(2)18(23)19(25)22-15-6-4-14(5-7-15)21-17(24)11-26-3/h4-10H,11H2,1-3H3,(H,21,24)(H,22,25). The van der Waals surface area contributed by atoms with Crippen molar-refractivity contribution in [2.45, 2.75) is 13.8 Å². The molecule has 26 heavy (non-hydrogen) atoms. The molecule has 0 aliphatic rings. The maximum Gasteiger partial charge on any atom is 0.274 e. The van der Waals surface area contributed by atoms with Gasteiger partial charge in [-0.1, -0.05) is 0 Å². The highest BCUT2D eigenvalue weighted by Crippen LogP contribution is 2.18. The Labute approximate surface area is 151 Å². The molecule has 2 heterocycles. The third-order valence-electron chi connectivity index (χ3n) is 3.87. The molecule has 3 rings (SSSR count). The monoisotopic (exact) mass is 352 g/mol. The maximum atomic E-state index is 12.7. The summed E-state index contributed by atoms with van der Waals surface area (Å²) in [5, 5.41) is 5.56. The Hall–Kier alpha value is -3.19. The number of carbonyl (C=O) groups is 2. The molecule has 0 unspecified atom stereocenters. The van der Waals surface area contributed by atoms with Crippen molar-refractivity contribution < 1.29 is 14.3 Å². The highest BCUT2D eigenvalue weighted by Gasteiger charge is 2.16. The van der Waals surface area contributed by atoms with E-state index >= 15 is 0 Å². The van der Waals surface area contributed by atoms with Gasteiger partial charge in [0.1, 0.15) is 17.9 Å². The largest absolute Gasteiger partial charge is 0.375 e. The first-order valence-corrected chi connectivity index (χ1v) is 8.13. The molecule has 134 valence electrons. The van der Waals surface area contributed by atoms with E-state index in [2.05, 4.69) is 15.6 Å². The second-order valence-corrected chi connectivity index (χ2v) is 5.99. The summed E-state index contributed by atoms with van der Waals surface area (Å²) in [5.41, 5.74) is 4.24. The zero-order valence-corrected chi connectivity index (χ0v) is 14.9. The molecule has 0 fully saturated rings. The Morgan fingerprint density at radius 2 is 1.73 bits per heavy atom. The quantitative estimate of drug-likeness (QED) is 0.739. The fourth-order valence-electron chi connectivity index (χ4n) is 2.69. The summed E-state index contributed by atoms with van der Waals surface area (Å²) >= 11 is 0. The lowest BCUT2D eigenvalue weighted by Crippen LogP contribution is -2.17. The minimum Gasteiger partial charge on any atom is -0.375 e. The Bertz CT molecular complexity index is 961. The third-order valence-corrected chi connectivity index (χ3v) is 3.87. The lowest BCUT2D eigenvalue weighted by Gasteiger charge is -2.08. The van der Waals surface area contributed by atoms with E-state index in [1.807, 2.05) is 32.2 Å². The molecule has 1 aromatic carbocycles. The molecule has 0 atom stereocenters. The molecule has 7 nitrogen and oxygen atoms in total. The third kappa shape index (κ3) is 3.73. The van der Waals surface area contributed by atoms with Crippen LogP contribution in [0.1, 0.15) is 21.7 Å². The van der Waals surface area contributed by atoms with E-state index < -0.39 is 0 Å². The van der Waals surface area contributed by atoms with Gasteiger partial charge in [-0.2, -0.15) is 0 Å². The minimum atomic E-state index is -0.241. The summed E-state index contributed by atoms with van der Waals surface area (Å²) in [4.78, 5) is 28.6. The molecular formula is C19H20N4O3. The van der Waals surface area contributed by atoms with Gasteiger partial charge in [0.15, 0.2) is 0 Å². The molecule has 0 saturated heterocycles. The van der Waals surface area contributed by atoms with Gasteiger partial charge in [-0.25, -0.2) is 4.98 Å². The number of ether oxygens (including phenoxy) is 1. The van der Waals surface area contributed by atoms with Crippen LogP contribution >= 0.6 is 0 Å². The number of rotatable bonds is 5. The summed E-state index contributed by atoms with van der Waals surface area (Å²) in [6.45, 7) is 3.79. The van der Waals surface area contributed by atoms with Gasteiger partial charge in [0.05, 0.1) is 5.69 Å². The number of hydrogen-bond donors (Lipinski definition) is 2. The van der Waals surface area contributed by atoms with Crippen LogP contribution in [0.15, 0.2) is 42.6 Å². The number of imidazole rings is 1. The van der Waals surface area contributed by atoms with E-state index in [0.29, 0.717) is 22.8 Å². The topological polar surface area (TPSA) is 84.7 Å². The molecule has 2 N–H and O–H groups in total. The van der Waals surface area contributed by atoms with E-state index in [0.717, 1.165) is 11.2 Å². The van der Waals surface area contributed by atoms with Crippen molar-refractivity contribution >= 4 is 28.8 Å². The number of hydrogen-bond acceptors (Lipinski definition) is 4. The number of pyridine rings is 1. The van der Waals surface area contributed by atoms with Crippen molar-refractivity contribution in [1.82, 2.24) is 9.38 Å². The predicted octanol–water partition coefficient (Wildman–Crippen LogP) is 2.79. The molecule has 0 radical (unpaired) electrons. The Balaban J connectivity index is 1.76. The fourth-order valence-corrected chi connectivity index (χ4v) is 2.69. The van der Waals surface area contributed by atoms with Crippen LogP contribution in [0.25, 0.3) is 5.65 Å². The molecule has 2 aromatic heterocycles. The fraction of sp³-hybridized carbons (Fsp3) is 0.211. The first-order valence-electron chi connectivity index (χ1n) is 8.13. The molecule has 0 aliphatic heterocycles. The average Bonchev–Trinajstić information content (AvgIpc) is 2.91. The SMILES string of the molecule is COCC(=O)Nc1ccc(NC(=O)c2c(C)nc3cc(C)ccn23)cc1. The second-order valence-electron chi connectivity index (χ2n) is 5.99. The lowest BCUT2D eigenvalue weighted by molar-refractivity contribution is -0.119. The molecule has 0 saturated carbocycles. The van der Waals surface area contributed by atoms with E-state index in [1.165, 1.54) is 7.11 Å². The molecular weight excluding hydrogens is 332 g/mol. The first kappa shape index (κ1) is 17.6. The Morgan fingerprint density at radius 1 is 1.08 bits per heavy atom. The van der Waals surface area contributed by atoms with Gasteiger partial charge in [-0.05, 0) is 55.8 Å². The van der Waals surface area contributed by atoms with Crippen molar-refractivity contribution in [3.63, 3.8) is 0 Å². The highest BCUT2D eigenvalue weighted by atomic mass is 16.5. The van der Waals surface area contributed by atoms with Gasteiger partial charge in [0.25, 0.3) is 5.91 Å². The second kappa shape index (κ2) is 7.37. The molecule has 7 heteroatoms. The van der Waals surface area contributed by atoms with Gasteiger partial charge in [0.2, 0.25) is 5.91 Å². The maximum absolute atomic E-state index is 12.7. The number of fused-ring (bicyclic) bond motifs is 1. The summed E-state index contributed by atoms with van der Waals surface area (Å²) in [6.07, 6.45) is 1.84. The van der Waals surface area contributed by atoms with Crippen LogP contribution in [0, 0.1) is 13.8 Å². The van der Waals surface area contributed by atoms with E-state index in [1.54, 1.807) is 28.7 Å². The number of carbonyl (C=O) groups excluding carboxylic acids is 2. The number of aromatic nitrogens is 2. The number of nitrogens with one attached hydrogen (secondary N) is 2. The van der Waals surface area contributed by atoms with Crippen LogP contribution in [0.2, 0.25) is 0 Å². The lowest BCUT2D eigenvalue weighted by atomic mass is 10.2. The van der Waals surface area contributed by atoms with E-state index in [-0.39, 0.29) is 18.4 Å². The van der Waals surface area contributed by atoms with Crippen molar-refractivity contribution in [1.29, 1.82) is 0 Å². The van der Waals surface area contributed by atoms with Crippen LogP contribution in [-0.4, -0.2) is 34.9 Å². The van der Waals surface area contributed by atoms with Gasteiger partial charge in [-0.15, -0.1) is 0 Å². The zero-order valence-electron chi connectivity index (χ0n) is 14.9. The van der Waals surface area contributed by atoms with Gasteiger partial charge >= 0.3 is 0 Å². The van der Waals surface area contributed by atoms with E-state index in [9.17, 15) is 9.59 Å². The number of nitrogens with zero attached hydrogens (tertiary/aromatic N) is 2. The molecule has 0 spiro atoms. The van der Waals surface area contributed by atoms with Crippen LogP contribution < -0.4 is 10.6 Å². The zero-order chi connectivity index (χ0) is 18.7. The van der Waals surface area contributed by atoms with Crippen molar-refractivity contribution in [3.05, 3.63) is 59.5 Å². The van der Waals surface area contributed by atoms with Crippen LogP contribution in [0.5, 0.6) is 0 Å². The van der Waals surface area contributed by atoms with Gasteiger partial charge in [-0.3, -0.25) is 14.0 Å². The van der Waals surface area contributed by atoms with Crippen LogP contribution in [-0.2, 0) is 9.53 Å². The number of aryl methyl sites for hydroxylation is 2. The summed E-state index contributed by atoms with van der Waals surface area (Å²) in [6, 6.07) is 10.7. The van der Waals surface area contributed by atoms with E-state index in [4.69, 9.17) is 4.74 Å². The summed E-state index contributed by atoms with van der Waals surface area (Å²) < 4.78 is 6.54. The van der Waals surface area contributed by atoms with Gasteiger partial charge in [0, 0.05) is 24.7 Å². The molecule has 0 bridgehead atoms. The van der Waals surface area contributed by atoms with Crippen molar-refractivity contribution in [2.75, 3.05) is 24.4 Å². The normalized spacial score (nSPS) is 10.7. The molecule has 0 aliphatic carbocycles. The molecule has 3 aromatic rings. The number of amides is 2. The Kier molecular flexibility index (Phi) is 4.99. The van der Waals surface area contributed by atoms with Crippen LogP contribution in [0.4, 0.5) is 11.4 Å². The van der Waals surface area contributed by atoms with Gasteiger partial charge < -0.3 is 15.4 Å². The predicted molar refractivity (Wildman–Crippen MR) is 99.6 cm³/mol. The van der Waals surface area contributed by atoms with Crippen molar-refractivity contribution in [3.8, 4) is 0 Å². The summed E-state index contributed by atoms with van der Waals surface area (Å²) in [7, 11) is 1.46. The minimum absolute atomic E-state index is 0.00841. The smallest absolute Gasteiger partial charge is 0.274 e. The van der Waals surface area contributed by atoms with Crippen molar-refractivity contribution in [2.24, 2.45) is 0 Å². The summed E-state index contributed by atoms with van der Waals surface area (Å²) in [5.74, 6) is -0.476. The number of benzene rings is 1. The number of methoxy groups -OCH3 is 1. The first-order chi connectivity index (χ1) is 12.5. The Morgan fingerprint density at radius 3 is 2.38 bits per heavy atom.